The predicted octanol–water partition coefficient (Wildman–Crippen LogP) is 0.380. The smallest absolute Gasteiger partial charge is 0.137 e. The number of hydrogen-bond donors (Lipinski definition) is 2. The van der Waals surface area contributed by atoms with Crippen LogP contribution < -0.4 is 10.6 Å². The van der Waals surface area contributed by atoms with Crippen LogP contribution in [0.4, 0.5) is 11.6 Å². The lowest BCUT2D eigenvalue weighted by atomic mass is 10.0. The molecule has 0 amide bonds. The molecule has 0 bridgehead atoms. The monoisotopic (exact) mass is 252 g/mol. The molecular weight excluding hydrogens is 232 g/mol. The highest BCUT2D eigenvalue weighted by Crippen LogP contribution is 2.29. The summed E-state index contributed by atoms with van der Waals surface area (Å²) in [6.07, 6.45) is 1.33. The molecule has 1 aliphatic rings. The largest absolute Gasteiger partial charge is 0.394 e. The van der Waals surface area contributed by atoms with Crippen LogP contribution in [0.2, 0.25) is 0 Å². The highest BCUT2D eigenvalue weighted by Gasteiger charge is 2.24. The third-order valence-corrected chi connectivity index (χ3v) is 3.11. The van der Waals surface area contributed by atoms with E-state index < -0.39 is 0 Å². The Morgan fingerprint density at radius 2 is 2.33 bits per heavy atom. The van der Waals surface area contributed by atoms with Crippen molar-refractivity contribution in [3.63, 3.8) is 0 Å². The van der Waals surface area contributed by atoms with Gasteiger partial charge in [0, 0.05) is 18.7 Å². The summed E-state index contributed by atoms with van der Waals surface area (Å²) in [4.78, 5) is 10.5. The number of rotatable bonds is 3. The molecular formula is C12H20N4O2. The molecule has 1 saturated heterocycles. The Kier molecular flexibility index (Phi) is 3.98. The van der Waals surface area contributed by atoms with E-state index in [9.17, 15) is 5.11 Å². The number of aliphatic hydroxyl groups excluding tert-OH is 1. The van der Waals surface area contributed by atoms with Gasteiger partial charge in [0.05, 0.1) is 19.3 Å². The van der Waals surface area contributed by atoms with Gasteiger partial charge in [0.25, 0.3) is 0 Å². The number of nitrogens with two attached hydrogens (primary N) is 1. The molecule has 0 aliphatic carbocycles. The van der Waals surface area contributed by atoms with Crippen molar-refractivity contribution >= 4 is 11.6 Å². The molecule has 1 aliphatic heterocycles. The number of anilines is 2. The maximum absolute atomic E-state index is 9.18. The zero-order valence-corrected chi connectivity index (χ0v) is 10.8. The molecule has 0 saturated carbocycles. The first-order valence-corrected chi connectivity index (χ1v) is 6.21. The van der Waals surface area contributed by atoms with E-state index in [2.05, 4.69) is 28.7 Å². The molecule has 3 N–H and O–H groups in total. The fraction of sp³-hybridized carbons (Fsp3) is 0.667. The molecule has 18 heavy (non-hydrogen) atoms. The van der Waals surface area contributed by atoms with E-state index in [1.165, 1.54) is 6.33 Å². The fourth-order valence-electron chi connectivity index (χ4n) is 2.23. The Morgan fingerprint density at radius 3 is 3.00 bits per heavy atom. The SMILES string of the molecule is CC(C)c1c(N)ncnc1N1CCOC(CO)C1. The second-order valence-corrected chi connectivity index (χ2v) is 4.77. The molecule has 0 spiro atoms. The zero-order valence-electron chi connectivity index (χ0n) is 10.8. The van der Waals surface area contributed by atoms with Crippen LogP contribution in [0.5, 0.6) is 0 Å². The van der Waals surface area contributed by atoms with Gasteiger partial charge in [0.1, 0.15) is 18.0 Å². The summed E-state index contributed by atoms with van der Waals surface area (Å²) in [6.45, 7) is 6.14. The first kappa shape index (κ1) is 13.0. The average molecular weight is 252 g/mol. The number of aliphatic hydroxyl groups is 1. The summed E-state index contributed by atoms with van der Waals surface area (Å²) < 4.78 is 5.44. The summed E-state index contributed by atoms with van der Waals surface area (Å²) in [5, 5.41) is 9.18. The quantitative estimate of drug-likeness (QED) is 0.809. The number of ether oxygens (including phenoxy) is 1. The number of nitrogens with zero attached hydrogens (tertiary/aromatic N) is 3. The van der Waals surface area contributed by atoms with Crippen molar-refractivity contribution in [2.45, 2.75) is 25.9 Å². The Hall–Kier alpha value is -1.40. The van der Waals surface area contributed by atoms with Crippen LogP contribution in [0, 0.1) is 0 Å². The van der Waals surface area contributed by atoms with Gasteiger partial charge in [-0.2, -0.15) is 0 Å². The maximum Gasteiger partial charge on any atom is 0.137 e. The number of aromatic nitrogens is 2. The van der Waals surface area contributed by atoms with E-state index in [0.29, 0.717) is 19.0 Å². The van der Waals surface area contributed by atoms with E-state index in [0.717, 1.165) is 17.9 Å². The third-order valence-electron chi connectivity index (χ3n) is 3.11. The normalized spacial score (nSPS) is 20.4. The van der Waals surface area contributed by atoms with Crippen LogP contribution in [-0.2, 0) is 4.74 Å². The van der Waals surface area contributed by atoms with Gasteiger partial charge in [0.2, 0.25) is 0 Å². The van der Waals surface area contributed by atoms with Gasteiger partial charge >= 0.3 is 0 Å². The van der Waals surface area contributed by atoms with Crippen LogP contribution >= 0.6 is 0 Å². The standard InChI is InChI=1S/C12H20N4O2/c1-8(2)10-11(13)14-7-15-12(10)16-3-4-18-9(5-16)6-17/h7-9,17H,3-6H2,1-2H3,(H2,13,14,15). The van der Waals surface area contributed by atoms with Crippen molar-refractivity contribution in [2.75, 3.05) is 36.9 Å². The van der Waals surface area contributed by atoms with Crippen molar-refractivity contribution in [3.05, 3.63) is 11.9 Å². The molecule has 0 radical (unpaired) electrons. The van der Waals surface area contributed by atoms with E-state index in [4.69, 9.17) is 10.5 Å². The van der Waals surface area contributed by atoms with E-state index in [1.54, 1.807) is 0 Å². The first-order chi connectivity index (χ1) is 8.63. The van der Waals surface area contributed by atoms with Gasteiger partial charge in [-0.15, -0.1) is 0 Å². The van der Waals surface area contributed by atoms with Crippen LogP contribution in [-0.4, -0.2) is 47.5 Å². The van der Waals surface area contributed by atoms with Gasteiger partial charge in [-0.05, 0) is 5.92 Å². The van der Waals surface area contributed by atoms with Crippen molar-refractivity contribution in [1.82, 2.24) is 9.97 Å². The highest BCUT2D eigenvalue weighted by molar-refractivity contribution is 5.58. The molecule has 1 aromatic rings. The Morgan fingerprint density at radius 1 is 1.56 bits per heavy atom. The highest BCUT2D eigenvalue weighted by atomic mass is 16.5. The maximum atomic E-state index is 9.18. The summed E-state index contributed by atoms with van der Waals surface area (Å²) in [7, 11) is 0. The minimum atomic E-state index is -0.157. The second kappa shape index (κ2) is 5.49. The van der Waals surface area contributed by atoms with Crippen molar-refractivity contribution in [3.8, 4) is 0 Å². The van der Waals surface area contributed by atoms with Crippen LogP contribution in [0.15, 0.2) is 6.33 Å². The Balaban J connectivity index is 2.29. The average Bonchev–Trinajstić information content (AvgIpc) is 2.38. The summed E-state index contributed by atoms with van der Waals surface area (Å²) in [5.74, 6) is 1.65. The molecule has 0 aromatic carbocycles. The molecule has 1 unspecified atom stereocenters. The van der Waals surface area contributed by atoms with Crippen molar-refractivity contribution in [1.29, 1.82) is 0 Å². The van der Waals surface area contributed by atoms with E-state index >= 15 is 0 Å². The summed E-state index contributed by atoms with van der Waals surface area (Å²) >= 11 is 0. The van der Waals surface area contributed by atoms with Gasteiger partial charge in [0.15, 0.2) is 0 Å². The summed E-state index contributed by atoms with van der Waals surface area (Å²) in [6, 6.07) is 0. The molecule has 2 rings (SSSR count). The van der Waals surface area contributed by atoms with Gasteiger partial charge in [-0.25, -0.2) is 9.97 Å². The summed E-state index contributed by atoms with van der Waals surface area (Å²) in [5.41, 5.74) is 6.91. The molecule has 1 atom stereocenters. The fourth-order valence-corrected chi connectivity index (χ4v) is 2.23. The van der Waals surface area contributed by atoms with Crippen LogP contribution in [0.3, 0.4) is 0 Å². The first-order valence-electron chi connectivity index (χ1n) is 6.21. The Labute approximate surface area is 107 Å². The van der Waals surface area contributed by atoms with Gasteiger partial charge in [-0.1, -0.05) is 13.8 Å². The zero-order chi connectivity index (χ0) is 13.1. The Bertz CT molecular complexity index is 411. The molecule has 1 aromatic heterocycles. The van der Waals surface area contributed by atoms with Gasteiger partial charge < -0.3 is 20.5 Å². The number of morpholine rings is 1. The third kappa shape index (κ3) is 2.54. The van der Waals surface area contributed by atoms with Crippen molar-refractivity contribution in [2.24, 2.45) is 0 Å². The lowest BCUT2D eigenvalue weighted by Crippen LogP contribution is -2.45. The lowest BCUT2D eigenvalue weighted by Gasteiger charge is -2.34. The second-order valence-electron chi connectivity index (χ2n) is 4.77. The molecule has 1 fully saturated rings. The minimum absolute atomic E-state index is 0.0219. The molecule has 2 heterocycles. The molecule has 100 valence electrons. The topological polar surface area (TPSA) is 84.5 Å². The molecule has 6 nitrogen and oxygen atoms in total. The number of nitrogen functional groups attached to an aromatic ring is 1. The number of hydrogen-bond acceptors (Lipinski definition) is 6. The van der Waals surface area contributed by atoms with E-state index in [1.807, 2.05) is 0 Å². The molecule has 6 heteroatoms. The predicted molar refractivity (Wildman–Crippen MR) is 69.6 cm³/mol. The van der Waals surface area contributed by atoms with E-state index in [-0.39, 0.29) is 18.6 Å². The van der Waals surface area contributed by atoms with Gasteiger partial charge in [-0.3, -0.25) is 0 Å². The van der Waals surface area contributed by atoms with Crippen molar-refractivity contribution < 1.29 is 9.84 Å². The van der Waals surface area contributed by atoms with Crippen LogP contribution in [0.1, 0.15) is 25.3 Å². The van der Waals surface area contributed by atoms with Crippen LogP contribution in [0.25, 0.3) is 0 Å². The lowest BCUT2D eigenvalue weighted by molar-refractivity contribution is 0.00330. The minimum Gasteiger partial charge on any atom is -0.394 e.